The molecule has 0 spiro atoms. The monoisotopic (exact) mass is 260 g/mol. The molecule has 0 fully saturated rings. The summed E-state index contributed by atoms with van der Waals surface area (Å²) < 4.78 is 9.28. The third kappa shape index (κ3) is 6.19. The number of rotatable bonds is 9. The Morgan fingerprint density at radius 1 is 1.44 bits per heavy atom. The van der Waals surface area contributed by atoms with E-state index in [-0.39, 0.29) is 25.7 Å². The average Bonchev–Trinajstić information content (AvgIpc) is 2.34. The standard InChI is InChI=1S/C11H20N2O5/c1-4-18-10(15)7-13(3)11(16)9(12-2)5-6-17-8-14/h8-9,12H,4-7H2,1-3H3/t9-/m1/s1. The normalized spacial score (nSPS) is 11.5. The van der Waals surface area contributed by atoms with Crippen molar-refractivity contribution in [2.24, 2.45) is 0 Å². The van der Waals surface area contributed by atoms with Crippen LogP contribution in [0.3, 0.4) is 0 Å². The van der Waals surface area contributed by atoms with Crippen LogP contribution in [0, 0.1) is 0 Å². The molecule has 1 atom stereocenters. The minimum Gasteiger partial charge on any atom is -0.468 e. The first-order valence-corrected chi connectivity index (χ1v) is 5.69. The summed E-state index contributed by atoms with van der Waals surface area (Å²) in [5.41, 5.74) is 0. The topological polar surface area (TPSA) is 84.9 Å². The highest BCUT2D eigenvalue weighted by Gasteiger charge is 2.22. The van der Waals surface area contributed by atoms with Crippen LogP contribution in [-0.2, 0) is 23.9 Å². The first kappa shape index (κ1) is 16.4. The predicted molar refractivity (Wildman–Crippen MR) is 63.8 cm³/mol. The summed E-state index contributed by atoms with van der Waals surface area (Å²) in [7, 11) is 3.14. The number of likely N-dealkylation sites (N-methyl/N-ethyl adjacent to an activating group) is 2. The van der Waals surface area contributed by atoms with Gasteiger partial charge in [0.05, 0.1) is 19.3 Å². The summed E-state index contributed by atoms with van der Waals surface area (Å²) in [5.74, 6) is -0.701. The molecule has 0 aromatic carbocycles. The number of esters is 1. The van der Waals surface area contributed by atoms with Crippen LogP contribution >= 0.6 is 0 Å². The van der Waals surface area contributed by atoms with Crippen LogP contribution in [0.25, 0.3) is 0 Å². The number of hydrogen-bond acceptors (Lipinski definition) is 6. The quantitative estimate of drug-likeness (QED) is 0.330. The molecule has 104 valence electrons. The Kier molecular flexibility index (Phi) is 8.55. The molecule has 0 aliphatic carbocycles. The molecule has 0 aromatic rings. The Morgan fingerprint density at radius 2 is 2.11 bits per heavy atom. The zero-order chi connectivity index (χ0) is 14.0. The Morgan fingerprint density at radius 3 is 2.61 bits per heavy atom. The first-order chi connectivity index (χ1) is 8.56. The van der Waals surface area contributed by atoms with Gasteiger partial charge in [0, 0.05) is 13.5 Å². The molecule has 0 aliphatic heterocycles. The minimum atomic E-state index is -0.496. The lowest BCUT2D eigenvalue weighted by Gasteiger charge is -2.22. The lowest BCUT2D eigenvalue weighted by Crippen LogP contribution is -2.46. The fraction of sp³-hybridized carbons (Fsp3) is 0.727. The lowest BCUT2D eigenvalue weighted by atomic mass is 10.2. The van der Waals surface area contributed by atoms with Crippen LogP contribution in [0.4, 0.5) is 0 Å². The van der Waals surface area contributed by atoms with Crippen LogP contribution < -0.4 is 5.32 Å². The summed E-state index contributed by atoms with van der Waals surface area (Å²) >= 11 is 0. The number of amides is 1. The summed E-state index contributed by atoms with van der Waals surface area (Å²) in [4.78, 5) is 34.4. The van der Waals surface area contributed by atoms with Gasteiger partial charge in [-0.3, -0.25) is 14.4 Å². The van der Waals surface area contributed by atoms with Crippen molar-refractivity contribution in [1.29, 1.82) is 0 Å². The van der Waals surface area contributed by atoms with E-state index in [9.17, 15) is 14.4 Å². The van der Waals surface area contributed by atoms with Gasteiger partial charge in [-0.15, -0.1) is 0 Å². The van der Waals surface area contributed by atoms with E-state index < -0.39 is 12.0 Å². The van der Waals surface area contributed by atoms with Crippen LogP contribution in [0.5, 0.6) is 0 Å². The van der Waals surface area contributed by atoms with Gasteiger partial charge in [-0.25, -0.2) is 0 Å². The van der Waals surface area contributed by atoms with Crippen molar-refractivity contribution in [2.75, 3.05) is 33.9 Å². The fourth-order valence-corrected chi connectivity index (χ4v) is 1.37. The van der Waals surface area contributed by atoms with Crippen molar-refractivity contribution in [3.05, 3.63) is 0 Å². The van der Waals surface area contributed by atoms with Crippen LogP contribution in [0.15, 0.2) is 0 Å². The minimum absolute atomic E-state index is 0.0978. The molecular formula is C11H20N2O5. The summed E-state index contributed by atoms with van der Waals surface area (Å²) in [6.07, 6.45) is 0.348. The SMILES string of the molecule is CCOC(=O)CN(C)C(=O)[C@@H](CCOC=O)NC. The molecule has 0 rings (SSSR count). The van der Waals surface area contributed by atoms with E-state index in [0.29, 0.717) is 12.9 Å². The Hall–Kier alpha value is -1.63. The molecule has 7 heteroatoms. The van der Waals surface area contributed by atoms with E-state index in [1.807, 2.05) is 0 Å². The van der Waals surface area contributed by atoms with E-state index >= 15 is 0 Å². The molecule has 0 saturated carbocycles. The van der Waals surface area contributed by atoms with Gasteiger partial charge in [-0.05, 0) is 14.0 Å². The molecule has 18 heavy (non-hydrogen) atoms. The maximum Gasteiger partial charge on any atom is 0.325 e. The van der Waals surface area contributed by atoms with E-state index in [2.05, 4.69) is 10.1 Å². The van der Waals surface area contributed by atoms with Gasteiger partial charge >= 0.3 is 5.97 Å². The molecule has 0 saturated heterocycles. The third-order valence-electron chi connectivity index (χ3n) is 2.29. The summed E-state index contributed by atoms with van der Waals surface area (Å²) in [6.45, 7) is 2.36. The number of carbonyl (C=O) groups is 3. The highest BCUT2D eigenvalue weighted by Crippen LogP contribution is 1.98. The van der Waals surface area contributed by atoms with Gasteiger partial charge in [-0.1, -0.05) is 0 Å². The number of nitrogens with one attached hydrogen (secondary N) is 1. The zero-order valence-electron chi connectivity index (χ0n) is 11.0. The van der Waals surface area contributed by atoms with Crippen molar-refractivity contribution in [3.8, 4) is 0 Å². The highest BCUT2D eigenvalue weighted by atomic mass is 16.5. The molecule has 0 bridgehead atoms. The van der Waals surface area contributed by atoms with Gasteiger partial charge < -0.3 is 19.7 Å². The van der Waals surface area contributed by atoms with E-state index in [4.69, 9.17) is 4.74 Å². The second-order valence-corrected chi connectivity index (χ2v) is 3.60. The van der Waals surface area contributed by atoms with Gasteiger partial charge in [0.1, 0.15) is 6.54 Å². The van der Waals surface area contributed by atoms with Gasteiger partial charge in [0.15, 0.2) is 0 Å². The Bertz CT molecular complexity index is 283. The molecule has 1 N–H and O–H groups in total. The van der Waals surface area contributed by atoms with Crippen molar-refractivity contribution in [3.63, 3.8) is 0 Å². The largest absolute Gasteiger partial charge is 0.468 e. The highest BCUT2D eigenvalue weighted by molar-refractivity contribution is 5.85. The predicted octanol–water partition coefficient (Wildman–Crippen LogP) is -0.841. The maximum atomic E-state index is 11.9. The van der Waals surface area contributed by atoms with Gasteiger partial charge in [-0.2, -0.15) is 0 Å². The molecule has 0 unspecified atom stereocenters. The smallest absolute Gasteiger partial charge is 0.325 e. The summed E-state index contributed by atoms with van der Waals surface area (Å²) in [5, 5.41) is 2.81. The fourth-order valence-electron chi connectivity index (χ4n) is 1.37. The van der Waals surface area contributed by atoms with Crippen LogP contribution in [0.1, 0.15) is 13.3 Å². The van der Waals surface area contributed by atoms with Gasteiger partial charge in [0.2, 0.25) is 5.91 Å². The molecule has 0 radical (unpaired) electrons. The van der Waals surface area contributed by atoms with Crippen molar-refractivity contribution < 1.29 is 23.9 Å². The lowest BCUT2D eigenvalue weighted by molar-refractivity contribution is -0.148. The number of hydrogen-bond donors (Lipinski definition) is 1. The average molecular weight is 260 g/mol. The Labute approximate surface area is 106 Å². The van der Waals surface area contributed by atoms with E-state index in [1.54, 1.807) is 14.0 Å². The second kappa shape index (κ2) is 9.41. The third-order valence-corrected chi connectivity index (χ3v) is 2.29. The molecule has 7 nitrogen and oxygen atoms in total. The Balaban J connectivity index is 4.21. The van der Waals surface area contributed by atoms with E-state index in [0.717, 1.165) is 0 Å². The number of ether oxygens (including phenoxy) is 2. The molecule has 0 aliphatic rings. The summed E-state index contributed by atoms with van der Waals surface area (Å²) in [6, 6.07) is -0.496. The van der Waals surface area contributed by atoms with Crippen LogP contribution in [0.2, 0.25) is 0 Å². The van der Waals surface area contributed by atoms with Crippen molar-refractivity contribution >= 4 is 18.3 Å². The molecule has 1 amide bonds. The van der Waals surface area contributed by atoms with Gasteiger partial charge in [0.25, 0.3) is 6.47 Å². The van der Waals surface area contributed by atoms with Crippen molar-refractivity contribution in [1.82, 2.24) is 10.2 Å². The maximum absolute atomic E-state index is 11.9. The first-order valence-electron chi connectivity index (χ1n) is 5.69. The van der Waals surface area contributed by atoms with Crippen molar-refractivity contribution in [2.45, 2.75) is 19.4 Å². The molecule has 0 aromatic heterocycles. The molecular weight excluding hydrogens is 240 g/mol. The van der Waals surface area contributed by atoms with E-state index in [1.165, 1.54) is 11.9 Å². The number of nitrogens with zero attached hydrogens (tertiary/aromatic N) is 1. The second-order valence-electron chi connectivity index (χ2n) is 3.60. The van der Waals surface area contributed by atoms with Crippen LogP contribution in [-0.4, -0.2) is 63.1 Å². The zero-order valence-corrected chi connectivity index (χ0v) is 11.0. The molecule has 0 heterocycles. The number of carbonyl (C=O) groups excluding carboxylic acids is 3.